The number of amides is 2. The summed E-state index contributed by atoms with van der Waals surface area (Å²) in [6, 6.07) is 13.0. The lowest BCUT2D eigenvalue weighted by Gasteiger charge is -2.13. The molecule has 6 nitrogen and oxygen atoms in total. The van der Waals surface area contributed by atoms with Gasteiger partial charge in [-0.2, -0.15) is 0 Å². The summed E-state index contributed by atoms with van der Waals surface area (Å²) >= 11 is 0. The van der Waals surface area contributed by atoms with Gasteiger partial charge >= 0.3 is 0 Å². The first kappa shape index (κ1) is 21.3. The van der Waals surface area contributed by atoms with Crippen molar-refractivity contribution < 1.29 is 14.3 Å². The predicted molar refractivity (Wildman–Crippen MR) is 114 cm³/mol. The van der Waals surface area contributed by atoms with Crippen molar-refractivity contribution in [2.45, 2.75) is 34.1 Å². The summed E-state index contributed by atoms with van der Waals surface area (Å²) in [6.07, 6.45) is 0.403. The summed E-state index contributed by atoms with van der Waals surface area (Å²) in [6.45, 7) is 8.66. The van der Waals surface area contributed by atoms with Crippen molar-refractivity contribution in [1.29, 1.82) is 0 Å². The minimum absolute atomic E-state index is 0.0622. The van der Waals surface area contributed by atoms with Crippen molar-refractivity contribution in [1.82, 2.24) is 0 Å². The van der Waals surface area contributed by atoms with Gasteiger partial charge in [-0.15, -0.1) is 0 Å². The zero-order valence-electron chi connectivity index (χ0n) is 17.0. The molecule has 0 spiro atoms. The molecular weight excluding hydrogens is 354 g/mol. The van der Waals surface area contributed by atoms with Crippen molar-refractivity contribution in [2.24, 2.45) is 5.92 Å². The Morgan fingerprint density at radius 1 is 1.00 bits per heavy atom. The van der Waals surface area contributed by atoms with E-state index >= 15 is 0 Å². The molecule has 0 aliphatic heterocycles. The Bertz CT molecular complexity index is 818. The fourth-order valence-corrected chi connectivity index (χ4v) is 2.42. The Morgan fingerprint density at radius 2 is 1.79 bits per heavy atom. The lowest BCUT2D eigenvalue weighted by atomic mass is 10.1. The number of benzene rings is 2. The van der Waals surface area contributed by atoms with Crippen LogP contribution in [0.25, 0.3) is 0 Å². The number of carbonyl (C=O) groups excluding carboxylic acids is 2. The van der Waals surface area contributed by atoms with Crippen LogP contribution in [0.15, 0.2) is 42.5 Å². The first-order valence-corrected chi connectivity index (χ1v) is 9.54. The van der Waals surface area contributed by atoms with Gasteiger partial charge in [-0.3, -0.25) is 9.59 Å². The fourth-order valence-electron chi connectivity index (χ4n) is 2.42. The normalized spacial score (nSPS) is 10.5. The van der Waals surface area contributed by atoms with Gasteiger partial charge in [-0.05, 0) is 42.7 Å². The van der Waals surface area contributed by atoms with Crippen molar-refractivity contribution in [2.75, 3.05) is 29.1 Å². The molecule has 0 aliphatic carbocycles. The van der Waals surface area contributed by atoms with E-state index in [-0.39, 0.29) is 18.4 Å². The second-order valence-corrected chi connectivity index (χ2v) is 7.07. The van der Waals surface area contributed by atoms with E-state index in [0.29, 0.717) is 30.3 Å². The highest BCUT2D eigenvalue weighted by Gasteiger charge is 2.07. The smallest absolute Gasteiger partial charge is 0.243 e. The van der Waals surface area contributed by atoms with Crippen LogP contribution in [0.3, 0.4) is 0 Å². The molecule has 0 radical (unpaired) electrons. The SMILES string of the molecule is CCC(=O)Nc1cc(NC(=O)CNc2cccc(OCC(C)C)c2)ccc1C. The Balaban J connectivity index is 1.91. The maximum absolute atomic E-state index is 12.3. The van der Waals surface area contributed by atoms with Gasteiger partial charge < -0.3 is 20.7 Å². The molecule has 2 amide bonds. The van der Waals surface area contributed by atoms with Crippen LogP contribution in [0.4, 0.5) is 17.1 Å². The summed E-state index contributed by atoms with van der Waals surface area (Å²) in [5.74, 6) is 0.982. The second-order valence-electron chi connectivity index (χ2n) is 7.07. The lowest BCUT2D eigenvalue weighted by Crippen LogP contribution is -2.22. The van der Waals surface area contributed by atoms with Crippen LogP contribution in [0, 0.1) is 12.8 Å². The largest absolute Gasteiger partial charge is 0.493 e. The maximum Gasteiger partial charge on any atom is 0.243 e. The number of ether oxygens (including phenoxy) is 1. The molecular formula is C22H29N3O3. The summed E-state index contributed by atoms with van der Waals surface area (Å²) in [4.78, 5) is 23.9. The molecule has 0 bridgehead atoms. The van der Waals surface area contributed by atoms with E-state index in [1.807, 2.05) is 43.3 Å². The van der Waals surface area contributed by atoms with Crippen molar-refractivity contribution in [3.05, 3.63) is 48.0 Å². The summed E-state index contributed by atoms with van der Waals surface area (Å²) in [7, 11) is 0. The zero-order chi connectivity index (χ0) is 20.5. The van der Waals surface area contributed by atoms with E-state index in [4.69, 9.17) is 4.74 Å². The van der Waals surface area contributed by atoms with E-state index in [0.717, 1.165) is 17.0 Å². The predicted octanol–water partition coefficient (Wildman–Crippen LogP) is 4.43. The number of anilines is 3. The minimum Gasteiger partial charge on any atom is -0.493 e. The third-order valence-electron chi connectivity index (χ3n) is 3.99. The van der Waals surface area contributed by atoms with Gasteiger partial charge in [0, 0.05) is 29.5 Å². The molecule has 0 unspecified atom stereocenters. The number of hydrogen-bond donors (Lipinski definition) is 3. The van der Waals surface area contributed by atoms with Crippen LogP contribution < -0.4 is 20.7 Å². The maximum atomic E-state index is 12.3. The van der Waals surface area contributed by atoms with Crippen molar-refractivity contribution in [3.63, 3.8) is 0 Å². The third-order valence-corrected chi connectivity index (χ3v) is 3.99. The van der Waals surface area contributed by atoms with Crippen LogP contribution in [0.1, 0.15) is 32.8 Å². The second kappa shape index (κ2) is 10.3. The Morgan fingerprint density at radius 3 is 2.50 bits per heavy atom. The molecule has 150 valence electrons. The lowest BCUT2D eigenvalue weighted by molar-refractivity contribution is -0.116. The molecule has 6 heteroatoms. The third kappa shape index (κ3) is 6.95. The van der Waals surface area contributed by atoms with Crippen molar-refractivity contribution >= 4 is 28.9 Å². The Hall–Kier alpha value is -3.02. The van der Waals surface area contributed by atoms with Gasteiger partial charge in [-0.25, -0.2) is 0 Å². The molecule has 2 aromatic rings. The number of rotatable bonds is 9. The molecule has 2 rings (SSSR count). The first-order chi connectivity index (χ1) is 13.4. The Labute approximate surface area is 166 Å². The highest BCUT2D eigenvalue weighted by Crippen LogP contribution is 2.21. The number of aryl methyl sites for hydroxylation is 1. The minimum atomic E-state index is -0.176. The summed E-state index contributed by atoms with van der Waals surface area (Å²) in [5, 5.41) is 8.78. The average molecular weight is 383 g/mol. The van der Waals surface area contributed by atoms with E-state index in [9.17, 15) is 9.59 Å². The zero-order valence-corrected chi connectivity index (χ0v) is 17.0. The average Bonchev–Trinajstić information content (AvgIpc) is 2.67. The number of hydrogen-bond acceptors (Lipinski definition) is 4. The molecule has 0 fully saturated rings. The van der Waals surface area contributed by atoms with Crippen LogP contribution in [-0.4, -0.2) is 25.0 Å². The van der Waals surface area contributed by atoms with E-state index in [2.05, 4.69) is 29.8 Å². The van der Waals surface area contributed by atoms with Gasteiger partial charge in [0.25, 0.3) is 0 Å². The summed E-state index contributed by atoms with van der Waals surface area (Å²) in [5.41, 5.74) is 3.10. The highest BCUT2D eigenvalue weighted by molar-refractivity contribution is 5.96. The molecule has 0 aliphatic rings. The Kier molecular flexibility index (Phi) is 7.87. The quantitative estimate of drug-likeness (QED) is 0.598. The number of carbonyl (C=O) groups is 2. The van der Waals surface area contributed by atoms with Crippen molar-refractivity contribution in [3.8, 4) is 5.75 Å². The van der Waals surface area contributed by atoms with E-state index in [1.165, 1.54) is 0 Å². The van der Waals surface area contributed by atoms with Crippen LogP contribution in [0.5, 0.6) is 5.75 Å². The van der Waals surface area contributed by atoms with Gasteiger partial charge in [0.1, 0.15) is 5.75 Å². The molecule has 0 aromatic heterocycles. The van der Waals surface area contributed by atoms with Crippen LogP contribution in [0.2, 0.25) is 0 Å². The van der Waals surface area contributed by atoms with Gasteiger partial charge in [0.2, 0.25) is 11.8 Å². The van der Waals surface area contributed by atoms with Gasteiger partial charge in [0.15, 0.2) is 0 Å². The summed E-state index contributed by atoms with van der Waals surface area (Å²) < 4.78 is 5.70. The van der Waals surface area contributed by atoms with E-state index in [1.54, 1.807) is 13.0 Å². The van der Waals surface area contributed by atoms with Gasteiger partial charge in [0.05, 0.1) is 13.2 Å². The fraction of sp³-hybridized carbons (Fsp3) is 0.364. The van der Waals surface area contributed by atoms with E-state index < -0.39 is 0 Å². The first-order valence-electron chi connectivity index (χ1n) is 9.54. The highest BCUT2D eigenvalue weighted by atomic mass is 16.5. The monoisotopic (exact) mass is 383 g/mol. The number of nitrogens with one attached hydrogen (secondary N) is 3. The molecule has 0 heterocycles. The molecule has 0 saturated heterocycles. The molecule has 2 aromatic carbocycles. The topological polar surface area (TPSA) is 79.5 Å². The van der Waals surface area contributed by atoms with Crippen LogP contribution in [-0.2, 0) is 9.59 Å². The molecule has 0 saturated carbocycles. The van der Waals surface area contributed by atoms with Gasteiger partial charge in [-0.1, -0.05) is 32.9 Å². The molecule has 28 heavy (non-hydrogen) atoms. The molecule has 0 atom stereocenters. The molecule has 3 N–H and O–H groups in total. The standard InChI is InChI=1S/C22H29N3O3/c1-5-21(26)25-20-12-18(10-9-16(20)4)24-22(27)13-23-17-7-6-8-19(11-17)28-14-15(2)3/h6-12,15,23H,5,13-14H2,1-4H3,(H,24,27)(H,25,26). The van der Waals surface area contributed by atoms with Crippen LogP contribution >= 0.6 is 0 Å².